The normalized spacial score (nSPS) is 17.6. The fourth-order valence-corrected chi connectivity index (χ4v) is 2.79. The van der Waals surface area contributed by atoms with Crippen molar-refractivity contribution >= 4 is 5.91 Å². The first-order valence-electron chi connectivity index (χ1n) is 7.69. The number of amides is 1. The van der Waals surface area contributed by atoms with Gasteiger partial charge >= 0.3 is 0 Å². The maximum Gasteiger partial charge on any atom is 0.220 e. The molecule has 1 saturated heterocycles. The second kappa shape index (κ2) is 8.00. The van der Waals surface area contributed by atoms with Crippen LogP contribution >= 0.6 is 0 Å². The van der Waals surface area contributed by atoms with Gasteiger partial charge in [-0.15, -0.1) is 0 Å². The molecule has 0 radical (unpaired) electrons. The van der Waals surface area contributed by atoms with E-state index in [-0.39, 0.29) is 11.9 Å². The zero-order valence-corrected chi connectivity index (χ0v) is 12.3. The Balaban J connectivity index is 1.77. The van der Waals surface area contributed by atoms with Crippen LogP contribution in [0.3, 0.4) is 0 Å². The number of hydrogen-bond acceptors (Lipinski definition) is 3. The molecule has 0 saturated carbocycles. The van der Waals surface area contributed by atoms with Crippen molar-refractivity contribution in [3.8, 4) is 0 Å². The third-order valence-corrected chi connectivity index (χ3v) is 4.09. The van der Waals surface area contributed by atoms with Crippen LogP contribution in [0.25, 0.3) is 0 Å². The second-order valence-electron chi connectivity index (χ2n) is 5.54. The molecule has 2 N–H and O–H groups in total. The summed E-state index contributed by atoms with van der Waals surface area (Å²) in [6.45, 7) is 4.29. The molecule has 1 fully saturated rings. The average Bonchev–Trinajstić information content (AvgIpc) is 2.52. The molecule has 0 bridgehead atoms. The van der Waals surface area contributed by atoms with Crippen molar-refractivity contribution in [2.45, 2.75) is 45.1 Å². The first-order valence-corrected chi connectivity index (χ1v) is 7.69. The van der Waals surface area contributed by atoms with E-state index in [0.717, 1.165) is 31.5 Å². The molecule has 1 unspecified atom stereocenters. The summed E-state index contributed by atoms with van der Waals surface area (Å²) in [6.07, 6.45) is 8.53. The molecule has 1 aliphatic heterocycles. The van der Waals surface area contributed by atoms with Crippen LogP contribution in [0.15, 0.2) is 24.5 Å². The van der Waals surface area contributed by atoms with E-state index in [1.165, 1.54) is 12.8 Å². The summed E-state index contributed by atoms with van der Waals surface area (Å²) in [7, 11) is 0. The fourth-order valence-electron chi connectivity index (χ4n) is 2.79. The van der Waals surface area contributed by atoms with Gasteiger partial charge in [0.25, 0.3) is 0 Å². The number of nitrogens with one attached hydrogen (secondary N) is 2. The Labute approximate surface area is 121 Å². The molecule has 1 aromatic heterocycles. The molecular weight excluding hydrogens is 250 g/mol. The summed E-state index contributed by atoms with van der Waals surface area (Å²) in [6, 6.07) is 4.06. The van der Waals surface area contributed by atoms with Crippen LogP contribution in [0.4, 0.5) is 0 Å². The number of pyridine rings is 1. The maximum absolute atomic E-state index is 12.1. The van der Waals surface area contributed by atoms with Crippen LogP contribution < -0.4 is 10.6 Å². The van der Waals surface area contributed by atoms with Crippen molar-refractivity contribution in [2.24, 2.45) is 5.92 Å². The molecule has 2 rings (SSSR count). The minimum atomic E-state index is 0.110. The van der Waals surface area contributed by atoms with Gasteiger partial charge in [0.1, 0.15) is 0 Å². The standard InChI is InChI=1S/C16H25N3O/c1-2-15(14-7-11-18-12-8-14)19-16(20)4-3-13-5-9-17-10-6-13/h7-8,11-13,15,17H,2-6,9-10H2,1H3,(H,19,20). The fraction of sp³-hybridized carbons (Fsp3) is 0.625. The molecule has 20 heavy (non-hydrogen) atoms. The topological polar surface area (TPSA) is 54.0 Å². The first-order chi connectivity index (χ1) is 9.79. The van der Waals surface area contributed by atoms with Gasteiger partial charge in [-0.25, -0.2) is 0 Å². The molecular formula is C16H25N3O. The Hall–Kier alpha value is -1.42. The Kier molecular flexibility index (Phi) is 5.99. The van der Waals surface area contributed by atoms with E-state index < -0.39 is 0 Å². The van der Waals surface area contributed by atoms with Gasteiger partial charge in [0.05, 0.1) is 6.04 Å². The summed E-state index contributed by atoms with van der Waals surface area (Å²) < 4.78 is 0. The van der Waals surface area contributed by atoms with Gasteiger partial charge in [-0.1, -0.05) is 6.92 Å². The number of carbonyl (C=O) groups excluding carboxylic acids is 1. The van der Waals surface area contributed by atoms with Crippen LogP contribution in [-0.2, 0) is 4.79 Å². The van der Waals surface area contributed by atoms with E-state index in [9.17, 15) is 4.79 Å². The van der Waals surface area contributed by atoms with Crippen LogP contribution in [0.1, 0.15) is 50.6 Å². The lowest BCUT2D eigenvalue weighted by molar-refractivity contribution is -0.122. The third-order valence-electron chi connectivity index (χ3n) is 4.09. The highest BCUT2D eigenvalue weighted by atomic mass is 16.1. The highest BCUT2D eigenvalue weighted by Crippen LogP contribution is 2.19. The molecule has 0 aliphatic carbocycles. The van der Waals surface area contributed by atoms with E-state index in [1.807, 2.05) is 12.1 Å². The van der Waals surface area contributed by atoms with Crippen molar-refractivity contribution in [3.05, 3.63) is 30.1 Å². The van der Waals surface area contributed by atoms with Gasteiger partial charge in [-0.3, -0.25) is 9.78 Å². The Morgan fingerprint density at radius 1 is 1.40 bits per heavy atom. The van der Waals surface area contributed by atoms with E-state index >= 15 is 0 Å². The van der Waals surface area contributed by atoms with Crippen molar-refractivity contribution in [2.75, 3.05) is 13.1 Å². The van der Waals surface area contributed by atoms with Gasteiger partial charge in [-0.2, -0.15) is 0 Å². The van der Waals surface area contributed by atoms with Gasteiger partial charge in [0, 0.05) is 18.8 Å². The zero-order valence-electron chi connectivity index (χ0n) is 12.3. The Bertz CT molecular complexity index is 401. The predicted molar refractivity (Wildman–Crippen MR) is 80.2 cm³/mol. The summed E-state index contributed by atoms with van der Waals surface area (Å²) in [5, 5.41) is 6.50. The molecule has 4 heteroatoms. The van der Waals surface area contributed by atoms with Gasteiger partial charge in [0.2, 0.25) is 5.91 Å². The molecule has 1 atom stereocenters. The Morgan fingerprint density at radius 3 is 2.75 bits per heavy atom. The van der Waals surface area contributed by atoms with E-state index in [0.29, 0.717) is 12.3 Å². The Morgan fingerprint density at radius 2 is 2.10 bits per heavy atom. The van der Waals surface area contributed by atoms with Crippen molar-refractivity contribution < 1.29 is 4.79 Å². The van der Waals surface area contributed by atoms with E-state index in [1.54, 1.807) is 12.4 Å². The highest BCUT2D eigenvalue weighted by molar-refractivity contribution is 5.76. The first kappa shape index (κ1) is 15.0. The molecule has 0 spiro atoms. The molecule has 1 amide bonds. The predicted octanol–water partition coefficient (Wildman–Crippen LogP) is 2.43. The lowest BCUT2D eigenvalue weighted by Crippen LogP contribution is -2.31. The number of piperidine rings is 1. The zero-order chi connectivity index (χ0) is 14.2. The lowest BCUT2D eigenvalue weighted by atomic mass is 9.93. The molecule has 1 aromatic rings. The van der Waals surface area contributed by atoms with Crippen molar-refractivity contribution in [1.82, 2.24) is 15.6 Å². The largest absolute Gasteiger partial charge is 0.349 e. The smallest absolute Gasteiger partial charge is 0.220 e. The molecule has 110 valence electrons. The number of hydrogen-bond donors (Lipinski definition) is 2. The minimum absolute atomic E-state index is 0.110. The molecule has 4 nitrogen and oxygen atoms in total. The van der Waals surface area contributed by atoms with Gasteiger partial charge in [-0.05, 0) is 62.4 Å². The SMILES string of the molecule is CCC(NC(=O)CCC1CCNCC1)c1ccncc1. The van der Waals surface area contributed by atoms with E-state index in [2.05, 4.69) is 22.5 Å². The summed E-state index contributed by atoms with van der Waals surface area (Å²) in [5.74, 6) is 0.884. The van der Waals surface area contributed by atoms with Crippen LogP contribution in [0.5, 0.6) is 0 Å². The number of nitrogens with zero attached hydrogens (tertiary/aromatic N) is 1. The van der Waals surface area contributed by atoms with Crippen molar-refractivity contribution in [1.29, 1.82) is 0 Å². The summed E-state index contributed by atoms with van der Waals surface area (Å²) >= 11 is 0. The quantitative estimate of drug-likeness (QED) is 0.838. The molecule has 1 aliphatic rings. The number of carbonyl (C=O) groups is 1. The average molecular weight is 275 g/mol. The molecule has 2 heterocycles. The summed E-state index contributed by atoms with van der Waals surface area (Å²) in [5.41, 5.74) is 1.14. The van der Waals surface area contributed by atoms with Gasteiger partial charge in [0.15, 0.2) is 0 Å². The number of rotatable bonds is 6. The number of aromatic nitrogens is 1. The summed E-state index contributed by atoms with van der Waals surface area (Å²) in [4.78, 5) is 16.1. The van der Waals surface area contributed by atoms with Crippen molar-refractivity contribution in [3.63, 3.8) is 0 Å². The minimum Gasteiger partial charge on any atom is -0.349 e. The second-order valence-corrected chi connectivity index (χ2v) is 5.54. The van der Waals surface area contributed by atoms with Crippen LogP contribution in [0, 0.1) is 5.92 Å². The third kappa shape index (κ3) is 4.60. The monoisotopic (exact) mass is 275 g/mol. The molecule has 0 aromatic carbocycles. The van der Waals surface area contributed by atoms with E-state index in [4.69, 9.17) is 0 Å². The van der Waals surface area contributed by atoms with Gasteiger partial charge < -0.3 is 10.6 Å². The highest BCUT2D eigenvalue weighted by Gasteiger charge is 2.16. The van der Waals surface area contributed by atoms with Crippen LogP contribution in [-0.4, -0.2) is 24.0 Å². The lowest BCUT2D eigenvalue weighted by Gasteiger charge is -2.23. The van der Waals surface area contributed by atoms with Crippen LogP contribution in [0.2, 0.25) is 0 Å². The maximum atomic E-state index is 12.1.